The van der Waals surface area contributed by atoms with Crippen LogP contribution in [0.5, 0.6) is 0 Å². The number of nitrogens with zero attached hydrogens (tertiary/aromatic N) is 3. The lowest BCUT2D eigenvalue weighted by Crippen LogP contribution is -3.00. The van der Waals surface area contributed by atoms with E-state index in [1.807, 2.05) is 17.6 Å². The Balaban J connectivity index is 0.00000231. The van der Waals surface area contributed by atoms with Crippen molar-refractivity contribution in [2.45, 2.75) is 12.5 Å². The van der Waals surface area contributed by atoms with Crippen LogP contribution in [-0.4, -0.2) is 47.7 Å². The molecule has 4 nitrogen and oxygen atoms in total. The summed E-state index contributed by atoms with van der Waals surface area (Å²) in [5.41, 5.74) is 3.09. The fraction of sp³-hybridized carbons (Fsp3) is 0.292. The van der Waals surface area contributed by atoms with Gasteiger partial charge in [-0.25, -0.2) is 4.39 Å². The number of fused-ring (bicyclic) bond motifs is 2. The predicted molar refractivity (Wildman–Crippen MR) is 122 cm³/mol. The molecule has 0 aliphatic carbocycles. The summed E-state index contributed by atoms with van der Waals surface area (Å²) in [6.45, 7) is 4.62. The molecule has 0 saturated carbocycles. The lowest BCUT2D eigenvalue weighted by molar-refractivity contribution is -0.00000845. The van der Waals surface area contributed by atoms with Gasteiger partial charge in [-0.05, 0) is 47.7 Å². The normalized spacial score (nSPS) is 15.9. The van der Waals surface area contributed by atoms with E-state index < -0.39 is 6.10 Å². The molecule has 162 valence electrons. The quantitative estimate of drug-likeness (QED) is 0.497. The molecule has 1 saturated heterocycles. The van der Waals surface area contributed by atoms with Crippen LogP contribution < -0.4 is 17.3 Å². The number of rotatable bonds is 5. The van der Waals surface area contributed by atoms with Crippen LogP contribution in [0.2, 0.25) is 0 Å². The number of halogens is 2. The third-order valence-corrected chi connectivity index (χ3v) is 6.95. The summed E-state index contributed by atoms with van der Waals surface area (Å²) in [7, 11) is 0. The van der Waals surface area contributed by atoms with E-state index >= 15 is 0 Å². The average molecular weight is 457 g/mol. The molecule has 0 spiro atoms. The second-order valence-corrected chi connectivity index (χ2v) is 8.73. The Morgan fingerprint density at radius 1 is 1.06 bits per heavy atom. The molecular formula is C24H24ClFN3OS-. The lowest BCUT2D eigenvalue weighted by atomic mass is 10.0. The maximum atomic E-state index is 13.6. The number of benzene rings is 2. The number of hydrogen-bond acceptors (Lipinski definition) is 5. The molecule has 7 heteroatoms. The molecule has 2 aromatic heterocycles. The van der Waals surface area contributed by atoms with Crippen LogP contribution in [0.25, 0.3) is 21.0 Å². The minimum atomic E-state index is -0.569. The highest BCUT2D eigenvalue weighted by molar-refractivity contribution is 7.17. The Hall–Kier alpha value is -2.25. The maximum absolute atomic E-state index is 13.6. The van der Waals surface area contributed by atoms with Gasteiger partial charge < -0.3 is 22.4 Å². The van der Waals surface area contributed by atoms with E-state index in [1.54, 1.807) is 17.4 Å². The first-order valence-corrected chi connectivity index (χ1v) is 11.2. The van der Waals surface area contributed by atoms with E-state index in [0.29, 0.717) is 6.42 Å². The first-order chi connectivity index (χ1) is 14.7. The van der Waals surface area contributed by atoms with Gasteiger partial charge >= 0.3 is 0 Å². The SMILES string of the molecule is OC(CCN1CCN(c2cccc3cccnc23)CC1)c1csc2ccc(F)cc12.[Cl-]. The summed E-state index contributed by atoms with van der Waals surface area (Å²) >= 11 is 1.56. The number of aromatic nitrogens is 1. The summed E-state index contributed by atoms with van der Waals surface area (Å²) in [5, 5.41) is 14.7. The summed E-state index contributed by atoms with van der Waals surface area (Å²) in [4.78, 5) is 9.38. The number of para-hydroxylation sites is 1. The van der Waals surface area contributed by atoms with E-state index in [9.17, 15) is 9.50 Å². The largest absolute Gasteiger partial charge is 1.00 e. The Morgan fingerprint density at radius 3 is 2.71 bits per heavy atom. The Bertz CT molecular complexity index is 1170. The van der Waals surface area contributed by atoms with Gasteiger partial charge in [0.2, 0.25) is 0 Å². The standard InChI is InChI=1S/C24H24FN3OS.ClH/c25-18-6-7-23-19(15-18)20(16-30-23)22(29)8-10-27-11-13-28(14-12-27)21-5-1-3-17-4-2-9-26-24(17)21;/h1-7,9,15-16,22,29H,8,10-14H2;1H/p-1. The van der Waals surface area contributed by atoms with Gasteiger partial charge in [-0.2, -0.15) is 0 Å². The molecule has 1 atom stereocenters. The van der Waals surface area contributed by atoms with Gasteiger partial charge in [-0.15, -0.1) is 11.3 Å². The third kappa shape index (κ3) is 4.53. The topological polar surface area (TPSA) is 39.6 Å². The van der Waals surface area contributed by atoms with Crippen LogP contribution in [-0.2, 0) is 0 Å². The zero-order valence-electron chi connectivity index (χ0n) is 17.0. The summed E-state index contributed by atoms with van der Waals surface area (Å²) < 4.78 is 14.6. The van der Waals surface area contributed by atoms with Crippen molar-refractivity contribution >= 4 is 38.0 Å². The van der Waals surface area contributed by atoms with Gasteiger partial charge in [-0.1, -0.05) is 18.2 Å². The molecule has 1 N–H and O–H groups in total. The molecule has 1 fully saturated rings. The van der Waals surface area contributed by atoms with Gasteiger partial charge in [0.15, 0.2) is 0 Å². The molecule has 5 rings (SSSR count). The zero-order valence-corrected chi connectivity index (χ0v) is 18.6. The molecule has 31 heavy (non-hydrogen) atoms. The number of hydrogen-bond donors (Lipinski definition) is 1. The molecule has 1 unspecified atom stereocenters. The number of aliphatic hydroxyl groups excluding tert-OH is 1. The molecule has 1 aliphatic rings. The van der Waals surface area contributed by atoms with Gasteiger partial charge in [0.05, 0.1) is 17.3 Å². The average Bonchev–Trinajstić information content (AvgIpc) is 3.20. The van der Waals surface area contributed by atoms with Crippen molar-refractivity contribution in [3.8, 4) is 0 Å². The highest BCUT2D eigenvalue weighted by Gasteiger charge is 2.21. The lowest BCUT2D eigenvalue weighted by Gasteiger charge is -2.36. The van der Waals surface area contributed by atoms with Crippen molar-refractivity contribution in [2.75, 3.05) is 37.6 Å². The molecular weight excluding hydrogens is 433 g/mol. The van der Waals surface area contributed by atoms with Crippen molar-refractivity contribution in [1.82, 2.24) is 9.88 Å². The number of aliphatic hydroxyl groups is 1. The molecule has 0 amide bonds. The monoisotopic (exact) mass is 456 g/mol. The van der Waals surface area contributed by atoms with E-state index in [2.05, 4.69) is 39.0 Å². The highest BCUT2D eigenvalue weighted by Crippen LogP contribution is 2.32. The second-order valence-electron chi connectivity index (χ2n) is 7.82. The maximum Gasteiger partial charge on any atom is 0.123 e. The minimum Gasteiger partial charge on any atom is -1.00 e. The fourth-order valence-corrected chi connectivity index (χ4v) is 5.28. The van der Waals surface area contributed by atoms with Crippen LogP contribution in [0.15, 0.2) is 60.1 Å². The summed E-state index contributed by atoms with van der Waals surface area (Å²) in [5.74, 6) is -0.256. The van der Waals surface area contributed by atoms with Crippen LogP contribution >= 0.6 is 11.3 Å². The smallest absolute Gasteiger partial charge is 0.123 e. The van der Waals surface area contributed by atoms with Crippen LogP contribution in [0.1, 0.15) is 18.1 Å². The molecule has 1 aliphatic heterocycles. The van der Waals surface area contributed by atoms with E-state index in [0.717, 1.165) is 53.9 Å². The van der Waals surface area contributed by atoms with Gasteiger partial charge in [0.25, 0.3) is 0 Å². The van der Waals surface area contributed by atoms with Crippen molar-refractivity contribution in [3.05, 3.63) is 71.5 Å². The Morgan fingerprint density at radius 2 is 1.87 bits per heavy atom. The first kappa shape index (κ1) is 22.0. The third-order valence-electron chi connectivity index (χ3n) is 5.97. The van der Waals surface area contributed by atoms with Gasteiger partial charge in [0, 0.05) is 54.4 Å². The number of anilines is 1. The zero-order chi connectivity index (χ0) is 20.5. The molecule has 3 heterocycles. The summed E-state index contributed by atoms with van der Waals surface area (Å²) in [6.07, 6.45) is 1.93. The number of piperazine rings is 1. The van der Waals surface area contributed by atoms with Crippen LogP contribution in [0.3, 0.4) is 0 Å². The van der Waals surface area contributed by atoms with Gasteiger partial charge in [0.1, 0.15) is 5.82 Å². The van der Waals surface area contributed by atoms with E-state index in [4.69, 9.17) is 0 Å². The van der Waals surface area contributed by atoms with E-state index in [-0.39, 0.29) is 18.2 Å². The minimum absolute atomic E-state index is 0. The molecule has 0 bridgehead atoms. The molecule has 4 aromatic rings. The highest BCUT2D eigenvalue weighted by atomic mass is 35.5. The van der Waals surface area contributed by atoms with E-state index in [1.165, 1.54) is 23.2 Å². The predicted octanol–water partition coefficient (Wildman–Crippen LogP) is 1.84. The molecule has 2 aromatic carbocycles. The van der Waals surface area contributed by atoms with Crippen molar-refractivity contribution in [2.24, 2.45) is 0 Å². The number of pyridine rings is 1. The molecule has 0 radical (unpaired) electrons. The summed E-state index contributed by atoms with van der Waals surface area (Å²) in [6, 6.07) is 15.2. The van der Waals surface area contributed by atoms with Crippen molar-refractivity contribution in [3.63, 3.8) is 0 Å². The van der Waals surface area contributed by atoms with Gasteiger partial charge in [-0.3, -0.25) is 9.88 Å². The Kier molecular flexibility index (Phi) is 6.72. The van der Waals surface area contributed by atoms with Crippen molar-refractivity contribution in [1.29, 1.82) is 0 Å². The Labute approximate surface area is 191 Å². The number of thiophene rings is 1. The van der Waals surface area contributed by atoms with Crippen LogP contribution in [0, 0.1) is 5.82 Å². The first-order valence-electron chi connectivity index (χ1n) is 10.3. The van der Waals surface area contributed by atoms with Crippen LogP contribution in [0.4, 0.5) is 10.1 Å². The fourth-order valence-electron chi connectivity index (χ4n) is 4.30. The second kappa shape index (κ2) is 9.49. The van der Waals surface area contributed by atoms with Crippen molar-refractivity contribution < 1.29 is 21.9 Å².